The zero-order chi connectivity index (χ0) is 17.3. The van der Waals surface area contributed by atoms with E-state index in [1.54, 1.807) is 23.1 Å². The molecular formula is C19H18FNO3. The molecule has 0 aromatic heterocycles. The topological polar surface area (TPSA) is 49.8 Å². The van der Waals surface area contributed by atoms with Crippen molar-refractivity contribution >= 4 is 11.6 Å². The zero-order valence-corrected chi connectivity index (χ0v) is 13.3. The Morgan fingerprint density at radius 3 is 2.67 bits per heavy atom. The van der Waals surface area contributed by atoms with Crippen LogP contribution >= 0.6 is 0 Å². The van der Waals surface area contributed by atoms with E-state index in [-0.39, 0.29) is 17.5 Å². The van der Waals surface area contributed by atoms with Gasteiger partial charge in [0, 0.05) is 19.0 Å². The molecule has 0 spiro atoms. The van der Waals surface area contributed by atoms with Crippen LogP contribution < -0.4 is 9.64 Å². The second-order valence-electron chi connectivity index (χ2n) is 5.97. The van der Waals surface area contributed by atoms with E-state index in [2.05, 4.69) is 6.58 Å². The minimum Gasteiger partial charge on any atom is -0.508 e. The second-order valence-corrected chi connectivity index (χ2v) is 5.97. The summed E-state index contributed by atoms with van der Waals surface area (Å²) >= 11 is 0. The molecule has 1 aliphatic heterocycles. The summed E-state index contributed by atoms with van der Waals surface area (Å²) in [4.78, 5) is 14.4. The third kappa shape index (κ3) is 3.25. The Kier molecular flexibility index (Phi) is 4.25. The van der Waals surface area contributed by atoms with Crippen LogP contribution in [0.25, 0.3) is 0 Å². The molecule has 24 heavy (non-hydrogen) atoms. The van der Waals surface area contributed by atoms with Gasteiger partial charge in [-0.2, -0.15) is 0 Å². The van der Waals surface area contributed by atoms with Crippen molar-refractivity contribution in [2.75, 3.05) is 11.4 Å². The number of amides is 1. The first-order valence-corrected chi connectivity index (χ1v) is 7.64. The van der Waals surface area contributed by atoms with Crippen molar-refractivity contribution in [1.82, 2.24) is 0 Å². The summed E-state index contributed by atoms with van der Waals surface area (Å²) in [7, 11) is 0. The third-order valence-electron chi connectivity index (χ3n) is 3.81. The molecule has 0 aliphatic carbocycles. The molecule has 124 valence electrons. The van der Waals surface area contributed by atoms with Crippen LogP contribution in [0.3, 0.4) is 0 Å². The maximum absolute atomic E-state index is 13.0. The maximum Gasteiger partial charge on any atom is 0.268 e. The van der Waals surface area contributed by atoms with Gasteiger partial charge in [-0.05, 0) is 36.8 Å². The minimum atomic E-state index is -0.702. The van der Waals surface area contributed by atoms with Gasteiger partial charge in [0.05, 0.1) is 5.69 Å². The quantitative estimate of drug-likeness (QED) is 0.875. The van der Waals surface area contributed by atoms with Crippen LogP contribution in [-0.4, -0.2) is 23.7 Å². The number of hydrogen-bond acceptors (Lipinski definition) is 3. The van der Waals surface area contributed by atoms with E-state index >= 15 is 0 Å². The fraction of sp³-hybridized carbons (Fsp3) is 0.211. The number of benzene rings is 2. The number of fused-ring (bicyclic) bond motifs is 1. The first-order chi connectivity index (χ1) is 11.4. The number of ether oxygens (including phenoxy) is 1. The highest BCUT2D eigenvalue weighted by Crippen LogP contribution is 2.37. The number of phenols is 1. The number of carbonyl (C=O) groups excluding carboxylic acids is 1. The number of aromatic hydroxyl groups is 1. The SMILES string of the molecule is C=C(C)CN1C(=O)C(Cc2ccc(F)cc2)Oc2ccc(O)cc21. The van der Waals surface area contributed by atoms with E-state index in [0.717, 1.165) is 11.1 Å². The van der Waals surface area contributed by atoms with Gasteiger partial charge in [-0.15, -0.1) is 0 Å². The van der Waals surface area contributed by atoms with E-state index in [1.165, 1.54) is 24.3 Å². The normalized spacial score (nSPS) is 16.5. The summed E-state index contributed by atoms with van der Waals surface area (Å²) in [6.07, 6.45) is -0.363. The second kappa shape index (κ2) is 6.35. The number of rotatable bonds is 4. The van der Waals surface area contributed by atoms with Gasteiger partial charge in [0.15, 0.2) is 6.10 Å². The molecule has 2 aromatic rings. The number of nitrogens with zero attached hydrogens (tertiary/aromatic N) is 1. The lowest BCUT2D eigenvalue weighted by atomic mass is 10.0. The standard InChI is InChI=1S/C19H18FNO3/c1-12(2)11-21-16-10-15(22)7-8-17(16)24-18(19(21)23)9-13-3-5-14(20)6-4-13/h3-8,10,18,22H,1,9,11H2,2H3. The van der Waals surface area contributed by atoms with Crippen molar-refractivity contribution in [2.45, 2.75) is 19.4 Å². The zero-order valence-electron chi connectivity index (χ0n) is 13.3. The molecule has 1 N–H and O–H groups in total. The van der Waals surface area contributed by atoms with Crippen LogP contribution in [0.4, 0.5) is 10.1 Å². The predicted octanol–water partition coefficient (Wildman–Crippen LogP) is 3.44. The molecule has 1 aliphatic rings. The summed E-state index contributed by atoms with van der Waals surface area (Å²) in [5, 5.41) is 9.70. The fourth-order valence-corrected chi connectivity index (χ4v) is 2.71. The van der Waals surface area contributed by atoms with Gasteiger partial charge in [-0.25, -0.2) is 4.39 Å². The van der Waals surface area contributed by atoms with E-state index < -0.39 is 6.10 Å². The van der Waals surface area contributed by atoms with Gasteiger partial charge in [0.25, 0.3) is 5.91 Å². The Bertz CT molecular complexity index is 786. The third-order valence-corrected chi connectivity index (χ3v) is 3.81. The molecule has 0 radical (unpaired) electrons. The molecule has 2 aromatic carbocycles. The molecule has 1 amide bonds. The van der Waals surface area contributed by atoms with Crippen molar-refractivity contribution < 1.29 is 19.0 Å². The summed E-state index contributed by atoms with van der Waals surface area (Å²) in [5.74, 6) is 0.0643. The average molecular weight is 327 g/mol. The van der Waals surface area contributed by atoms with Gasteiger partial charge < -0.3 is 14.7 Å². The molecule has 4 nitrogen and oxygen atoms in total. The number of halogens is 1. The fourth-order valence-electron chi connectivity index (χ4n) is 2.71. The smallest absolute Gasteiger partial charge is 0.268 e. The lowest BCUT2D eigenvalue weighted by Gasteiger charge is -2.34. The Labute approximate surface area is 139 Å². The number of carbonyl (C=O) groups is 1. The molecule has 0 saturated carbocycles. The van der Waals surface area contributed by atoms with Crippen molar-refractivity contribution in [3.63, 3.8) is 0 Å². The minimum absolute atomic E-state index is 0.0637. The molecule has 0 bridgehead atoms. The van der Waals surface area contributed by atoms with Crippen LogP contribution in [0, 0.1) is 5.82 Å². The Morgan fingerprint density at radius 2 is 2.00 bits per heavy atom. The molecule has 0 saturated heterocycles. The first-order valence-electron chi connectivity index (χ1n) is 7.64. The molecule has 5 heteroatoms. The van der Waals surface area contributed by atoms with Gasteiger partial charge >= 0.3 is 0 Å². The van der Waals surface area contributed by atoms with Crippen molar-refractivity contribution in [2.24, 2.45) is 0 Å². The molecule has 3 rings (SSSR count). The summed E-state index contributed by atoms with van der Waals surface area (Å²) in [6.45, 7) is 6.04. The Morgan fingerprint density at radius 1 is 1.29 bits per heavy atom. The van der Waals surface area contributed by atoms with E-state index in [1.807, 2.05) is 6.92 Å². The van der Waals surface area contributed by atoms with Crippen LogP contribution in [0.15, 0.2) is 54.6 Å². The van der Waals surface area contributed by atoms with Gasteiger partial charge in [-0.1, -0.05) is 24.3 Å². The highest BCUT2D eigenvalue weighted by atomic mass is 19.1. The van der Waals surface area contributed by atoms with Crippen molar-refractivity contribution in [3.05, 3.63) is 66.0 Å². The number of hydrogen-bond donors (Lipinski definition) is 1. The predicted molar refractivity (Wildman–Crippen MR) is 89.8 cm³/mol. The van der Waals surface area contributed by atoms with Gasteiger partial charge in [-0.3, -0.25) is 4.79 Å². The van der Waals surface area contributed by atoms with Crippen molar-refractivity contribution in [3.8, 4) is 11.5 Å². The highest BCUT2D eigenvalue weighted by molar-refractivity contribution is 6.00. The first kappa shape index (κ1) is 16.1. The van der Waals surface area contributed by atoms with Crippen LogP contribution in [0.1, 0.15) is 12.5 Å². The van der Waals surface area contributed by atoms with Gasteiger partial charge in [0.1, 0.15) is 17.3 Å². The number of phenolic OH excluding ortho intramolecular Hbond substituents is 1. The lowest BCUT2D eigenvalue weighted by Crippen LogP contribution is -2.47. The Hall–Kier alpha value is -2.82. The van der Waals surface area contributed by atoms with E-state index in [4.69, 9.17) is 4.74 Å². The lowest BCUT2D eigenvalue weighted by molar-refractivity contribution is -0.126. The highest BCUT2D eigenvalue weighted by Gasteiger charge is 2.34. The summed E-state index contributed by atoms with van der Waals surface area (Å²) in [6, 6.07) is 10.7. The largest absolute Gasteiger partial charge is 0.508 e. The summed E-state index contributed by atoms with van der Waals surface area (Å²) in [5.41, 5.74) is 2.16. The molecular weight excluding hydrogens is 309 g/mol. The molecule has 1 heterocycles. The van der Waals surface area contributed by atoms with E-state index in [0.29, 0.717) is 24.4 Å². The van der Waals surface area contributed by atoms with Crippen LogP contribution in [0.5, 0.6) is 11.5 Å². The van der Waals surface area contributed by atoms with Gasteiger partial charge in [0.2, 0.25) is 0 Å². The Balaban J connectivity index is 1.92. The number of anilines is 1. The average Bonchev–Trinajstić information content (AvgIpc) is 2.54. The molecule has 1 unspecified atom stereocenters. The monoisotopic (exact) mass is 327 g/mol. The van der Waals surface area contributed by atoms with E-state index in [9.17, 15) is 14.3 Å². The molecule has 0 fully saturated rings. The van der Waals surface area contributed by atoms with Crippen molar-refractivity contribution in [1.29, 1.82) is 0 Å². The maximum atomic E-state index is 13.0. The van der Waals surface area contributed by atoms with Crippen LogP contribution in [-0.2, 0) is 11.2 Å². The van der Waals surface area contributed by atoms with Crippen LogP contribution in [0.2, 0.25) is 0 Å². The summed E-state index contributed by atoms with van der Waals surface area (Å²) < 4.78 is 18.9. The molecule has 1 atom stereocenters.